The molecule has 2 aliphatic carbocycles. The SMILES string of the molecule is O=C1[C@@H]2[C@H]3C[C@@H]([C@H](Br)[C@H]3Br)[C@@H]2C(=O)N1c1cc(Cl)cc(Cl)c1. The molecule has 1 aromatic rings. The van der Waals surface area contributed by atoms with E-state index >= 15 is 0 Å². The maximum Gasteiger partial charge on any atom is 0.238 e. The van der Waals surface area contributed by atoms with Crippen molar-refractivity contribution in [2.75, 3.05) is 4.90 Å². The molecule has 2 saturated carbocycles. The van der Waals surface area contributed by atoms with Crippen molar-refractivity contribution in [3.05, 3.63) is 28.2 Å². The number of carbonyl (C=O) groups is 2. The quantitative estimate of drug-likeness (QED) is 0.457. The minimum atomic E-state index is -0.228. The van der Waals surface area contributed by atoms with Crippen molar-refractivity contribution < 1.29 is 9.59 Å². The summed E-state index contributed by atoms with van der Waals surface area (Å²) in [6.45, 7) is 0. The number of hydrogen-bond donors (Lipinski definition) is 0. The third kappa shape index (κ3) is 1.98. The van der Waals surface area contributed by atoms with Crippen molar-refractivity contribution in [2.24, 2.45) is 23.7 Å². The summed E-state index contributed by atoms with van der Waals surface area (Å²) in [6.07, 6.45) is 0.919. The van der Waals surface area contributed by atoms with E-state index in [1.165, 1.54) is 4.90 Å². The van der Waals surface area contributed by atoms with Gasteiger partial charge in [0, 0.05) is 19.7 Å². The zero-order valence-corrected chi connectivity index (χ0v) is 15.9. The van der Waals surface area contributed by atoms with Gasteiger partial charge in [0.1, 0.15) is 0 Å². The Labute approximate surface area is 154 Å². The summed E-state index contributed by atoms with van der Waals surface area (Å²) in [5.41, 5.74) is 0.471. The van der Waals surface area contributed by atoms with Gasteiger partial charge < -0.3 is 0 Å². The van der Waals surface area contributed by atoms with E-state index in [9.17, 15) is 9.59 Å². The molecule has 0 unspecified atom stereocenters. The monoisotopic (exact) mass is 465 g/mol. The largest absolute Gasteiger partial charge is 0.274 e. The smallest absolute Gasteiger partial charge is 0.238 e. The molecule has 2 bridgehead atoms. The molecule has 3 nitrogen and oxygen atoms in total. The van der Waals surface area contributed by atoms with Crippen molar-refractivity contribution in [3.8, 4) is 0 Å². The molecular weight excluding hydrogens is 457 g/mol. The summed E-state index contributed by atoms with van der Waals surface area (Å²) >= 11 is 19.4. The van der Waals surface area contributed by atoms with Gasteiger partial charge >= 0.3 is 0 Å². The third-order valence-corrected chi connectivity index (χ3v) is 8.74. The highest BCUT2D eigenvalue weighted by Crippen LogP contribution is 2.60. The molecule has 0 radical (unpaired) electrons. The first kappa shape index (κ1) is 15.4. The Morgan fingerprint density at radius 1 is 0.909 bits per heavy atom. The molecule has 1 aromatic carbocycles. The van der Waals surface area contributed by atoms with E-state index in [0.717, 1.165) is 6.42 Å². The number of hydrogen-bond acceptors (Lipinski definition) is 2. The summed E-state index contributed by atoms with van der Waals surface area (Å²) in [4.78, 5) is 27.4. The van der Waals surface area contributed by atoms with Crippen LogP contribution in [0.15, 0.2) is 18.2 Å². The third-order valence-electron chi connectivity index (χ3n) is 5.09. The molecule has 6 atom stereocenters. The summed E-state index contributed by atoms with van der Waals surface area (Å²) < 4.78 is 0. The fourth-order valence-corrected chi connectivity index (χ4v) is 6.66. The molecule has 0 spiro atoms. The molecule has 0 N–H and O–H groups in total. The fourth-order valence-electron chi connectivity index (χ4n) is 4.27. The van der Waals surface area contributed by atoms with Crippen molar-refractivity contribution in [1.82, 2.24) is 0 Å². The van der Waals surface area contributed by atoms with E-state index in [4.69, 9.17) is 23.2 Å². The molecule has 1 saturated heterocycles. The van der Waals surface area contributed by atoms with Crippen LogP contribution in [0.5, 0.6) is 0 Å². The van der Waals surface area contributed by atoms with Crippen LogP contribution in [0.3, 0.4) is 0 Å². The van der Waals surface area contributed by atoms with Crippen LogP contribution in [0.4, 0.5) is 5.69 Å². The molecule has 7 heteroatoms. The highest BCUT2D eigenvalue weighted by atomic mass is 79.9. The minimum absolute atomic E-state index is 0.121. The minimum Gasteiger partial charge on any atom is -0.274 e. The van der Waals surface area contributed by atoms with Crippen LogP contribution in [0.2, 0.25) is 10.0 Å². The second-order valence-electron chi connectivity index (χ2n) is 6.14. The number of alkyl halides is 2. The number of imide groups is 1. The standard InChI is InChI=1S/C15H11Br2Cl2NO2/c16-12-8-4-9(13(12)17)11-10(8)14(21)20(15(11)22)7-2-5(18)1-6(19)3-7/h1-3,8-13H,4H2/t8-,9-,10-,11+,12+,13+/m1/s1. The molecule has 3 fully saturated rings. The van der Waals surface area contributed by atoms with Gasteiger partial charge in [-0.25, -0.2) is 4.90 Å². The molecule has 22 heavy (non-hydrogen) atoms. The van der Waals surface area contributed by atoms with Gasteiger partial charge in [0.05, 0.1) is 17.5 Å². The first-order valence-electron chi connectivity index (χ1n) is 7.02. The average Bonchev–Trinajstić information content (AvgIpc) is 3.03. The number of benzene rings is 1. The fraction of sp³-hybridized carbons (Fsp3) is 0.467. The van der Waals surface area contributed by atoms with Gasteiger partial charge in [0.25, 0.3) is 0 Å². The lowest BCUT2D eigenvalue weighted by Gasteiger charge is -2.28. The number of halogens is 4. The molecule has 0 aromatic heterocycles. The van der Waals surface area contributed by atoms with Gasteiger partial charge in [-0.15, -0.1) is 0 Å². The van der Waals surface area contributed by atoms with Crippen LogP contribution in [-0.2, 0) is 9.59 Å². The first-order chi connectivity index (χ1) is 10.4. The van der Waals surface area contributed by atoms with E-state index in [0.29, 0.717) is 15.7 Å². The summed E-state index contributed by atoms with van der Waals surface area (Å²) in [5.74, 6) is -0.290. The van der Waals surface area contributed by atoms with E-state index in [1.54, 1.807) is 18.2 Å². The normalized spacial score (nSPS) is 39.7. The van der Waals surface area contributed by atoms with Crippen molar-refractivity contribution in [3.63, 3.8) is 0 Å². The van der Waals surface area contributed by atoms with E-state index in [-0.39, 0.29) is 45.1 Å². The van der Waals surface area contributed by atoms with Crippen LogP contribution >= 0.6 is 55.1 Å². The molecule has 1 aliphatic heterocycles. The van der Waals surface area contributed by atoms with Crippen molar-refractivity contribution >= 4 is 72.6 Å². The lowest BCUT2D eigenvalue weighted by atomic mass is 9.81. The van der Waals surface area contributed by atoms with Gasteiger partial charge in [-0.2, -0.15) is 0 Å². The van der Waals surface area contributed by atoms with Crippen LogP contribution in [-0.4, -0.2) is 21.5 Å². The molecule has 2 amide bonds. The Morgan fingerprint density at radius 3 is 1.82 bits per heavy atom. The van der Waals surface area contributed by atoms with Crippen molar-refractivity contribution in [2.45, 2.75) is 16.1 Å². The predicted molar refractivity (Wildman–Crippen MR) is 93.0 cm³/mol. The lowest BCUT2D eigenvalue weighted by Crippen LogP contribution is -2.37. The molecule has 4 rings (SSSR count). The second kappa shape index (κ2) is 5.20. The van der Waals surface area contributed by atoms with Gasteiger partial charge in [-0.05, 0) is 36.5 Å². The Hall–Kier alpha value is -0.100. The van der Waals surface area contributed by atoms with E-state index < -0.39 is 0 Å². The van der Waals surface area contributed by atoms with Gasteiger partial charge in [0.15, 0.2) is 0 Å². The Kier molecular flexibility index (Phi) is 3.65. The second-order valence-corrected chi connectivity index (χ2v) is 9.13. The summed E-state index contributed by atoms with van der Waals surface area (Å²) in [7, 11) is 0. The van der Waals surface area contributed by atoms with E-state index in [2.05, 4.69) is 31.9 Å². The number of anilines is 1. The van der Waals surface area contributed by atoms with Gasteiger partial charge in [0.2, 0.25) is 11.8 Å². The average molecular weight is 468 g/mol. The summed E-state index contributed by atoms with van der Waals surface area (Å²) in [5, 5.41) is 0.833. The maximum absolute atomic E-state index is 12.8. The molecule has 1 heterocycles. The number of fused-ring (bicyclic) bond motifs is 5. The van der Waals surface area contributed by atoms with Crippen LogP contribution in [0.1, 0.15) is 6.42 Å². The van der Waals surface area contributed by atoms with Gasteiger partial charge in [-0.3, -0.25) is 9.59 Å². The number of nitrogens with zero attached hydrogens (tertiary/aromatic N) is 1. The zero-order valence-electron chi connectivity index (χ0n) is 11.2. The number of amides is 2. The number of rotatable bonds is 1. The molecular formula is C15H11Br2Cl2NO2. The highest BCUT2D eigenvalue weighted by molar-refractivity contribution is 9.12. The van der Waals surface area contributed by atoms with Crippen LogP contribution in [0, 0.1) is 23.7 Å². The molecule has 3 aliphatic rings. The summed E-state index contributed by atoms with van der Waals surface area (Å²) in [6, 6.07) is 4.82. The van der Waals surface area contributed by atoms with E-state index in [1.807, 2.05) is 0 Å². The Morgan fingerprint density at radius 2 is 1.36 bits per heavy atom. The Balaban J connectivity index is 1.76. The maximum atomic E-state index is 12.8. The Bertz CT molecular complexity index is 646. The molecule has 116 valence electrons. The number of carbonyl (C=O) groups excluding carboxylic acids is 2. The first-order valence-corrected chi connectivity index (χ1v) is 9.61. The predicted octanol–water partition coefficient (Wildman–Crippen LogP) is 4.28. The van der Waals surface area contributed by atoms with Gasteiger partial charge in [-0.1, -0.05) is 55.1 Å². The van der Waals surface area contributed by atoms with Crippen LogP contribution in [0.25, 0.3) is 0 Å². The lowest BCUT2D eigenvalue weighted by molar-refractivity contribution is -0.123. The van der Waals surface area contributed by atoms with Crippen molar-refractivity contribution in [1.29, 1.82) is 0 Å². The highest BCUT2D eigenvalue weighted by Gasteiger charge is 2.66. The topological polar surface area (TPSA) is 37.4 Å². The zero-order chi connectivity index (χ0) is 15.8. The van der Waals surface area contributed by atoms with Crippen LogP contribution < -0.4 is 4.90 Å².